The third-order valence-corrected chi connectivity index (χ3v) is 1.36. The van der Waals surface area contributed by atoms with Gasteiger partial charge in [-0.1, -0.05) is 24.8 Å². The zero-order valence-corrected chi connectivity index (χ0v) is 6.82. The zero-order valence-electron chi connectivity index (χ0n) is 6.82. The number of alkyl halides is 2. The highest BCUT2D eigenvalue weighted by Gasteiger charge is 2.04. The number of hydrogen-bond donors (Lipinski definition) is 0. The van der Waals surface area contributed by atoms with Crippen molar-refractivity contribution in [2.24, 2.45) is 0 Å². The van der Waals surface area contributed by atoms with Gasteiger partial charge < -0.3 is 0 Å². The van der Waals surface area contributed by atoms with Crippen LogP contribution in [-0.2, 0) is 0 Å². The average Bonchev–Trinajstić information content (AvgIpc) is 1.87. The predicted molar refractivity (Wildman–Crippen MR) is 43.7 cm³/mol. The van der Waals surface area contributed by atoms with Crippen molar-refractivity contribution in [1.29, 1.82) is 0 Å². The van der Waals surface area contributed by atoms with Gasteiger partial charge in [-0.15, -0.1) is 0 Å². The van der Waals surface area contributed by atoms with Crippen molar-refractivity contribution in [3.63, 3.8) is 0 Å². The Labute approximate surface area is 65.9 Å². The van der Waals surface area contributed by atoms with Crippen LogP contribution in [0.3, 0.4) is 0 Å². The number of rotatable bonds is 3. The molecule has 0 N–H and O–H groups in total. The molecule has 0 fully saturated rings. The van der Waals surface area contributed by atoms with Crippen LogP contribution in [-0.4, -0.2) is 6.43 Å². The molecule has 0 saturated heterocycles. The van der Waals surface area contributed by atoms with Crippen LogP contribution in [0.2, 0.25) is 0 Å². The van der Waals surface area contributed by atoms with Gasteiger partial charge in [0.1, 0.15) is 0 Å². The largest absolute Gasteiger partial charge is 0.263 e. The van der Waals surface area contributed by atoms with Gasteiger partial charge in [-0.2, -0.15) is 0 Å². The van der Waals surface area contributed by atoms with E-state index >= 15 is 0 Å². The van der Waals surface area contributed by atoms with Gasteiger partial charge in [0.15, 0.2) is 0 Å². The Morgan fingerprint density at radius 3 is 2.00 bits per heavy atom. The van der Waals surface area contributed by atoms with E-state index in [1.54, 1.807) is 13.8 Å². The van der Waals surface area contributed by atoms with E-state index in [-0.39, 0.29) is 5.57 Å². The molecule has 0 aromatic carbocycles. The van der Waals surface area contributed by atoms with E-state index in [1.165, 1.54) is 6.08 Å². The van der Waals surface area contributed by atoms with Crippen molar-refractivity contribution < 1.29 is 8.78 Å². The molecule has 0 unspecified atom stereocenters. The molecule has 0 aliphatic heterocycles. The van der Waals surface area contributed by atoms with Gasteiger partial charge in [0.2, 0.25) is 0 Å². The molecule has 0 aliphatic rings. The fourth-order valence-electron chi connectivity index (χ4n) is 0.464. The highest BCUT2D eigenvalue weighted by Crippen LogP contribution is 2.13. The maximum Gasteiger partial charge on any atom is 0.263 e. The number of hydrogen-bond acceptors (Lipinski definition) is 0. The van der Waals surface area contributed by atoms with Gasteiger partial charge >= 0.3 is 0 Å². The molecule has 0 saturated carbocycles. The van der Waals surface area contributed by atoms with E-state index < -0.39 is 6.43 Å². The summed E-state index contributed by atoms with van der Waals surface area (Å²) in [6, 6.07) is 0. The first-order chi connectivity index (χ1) is 4.95. The molecule has 0 heterocycles. The van der Waals surface area contributed by atoms with E-state index in [1.807, 2.05) is 0 Å². The molecule has 0 atom stereocenters. The number of allylic oxidation sites excluding steroid dienone is 4. The van der Waals surface area contributed by atoms with Crippen LogP contribution in [0.5, 0.6) is 0 Å². The molecule has 11 heavy (non-hydrogen) atoms. The average molecular weight is 158 g/mol. The Morgan fingerprint density at radius 1 is 1.27 bits per heavy atom. The van der Waals surface area contributed by atoms with Gasteiger partial charge in [0.25, 0.3) is 6.43 Å². The summed E-state index contributed by atoms with van der Waals surface area (Å²) in [5.41, 5.74) is 1.37. The molecule has 0 spiro atoms. The summed E-state index contributed by atoms with van der Waals surface area (Å²) in [5, 5.41) is 0. The Bertz CT molecular complexity index is 200. The van der Waals surface area contributed by atoms with Gasteiger partial charge in [-0.3, -0.25) is 0 Å². The Morgan fingerprint density at radius 2 is 1.73 bits per heavy atom. The van der Waals surface area contributed by atoms with E-state index in [2.05, 4.69) is 13.2 Å². The van der Waals surface area contributed by atoms with Crippen molar-refractivity contribution in [3.05, 3.63) is 36.0 Å². The van der Waals surface area contributed by atoms with E-state index in [4.69, 9.17) is 0 Å². The first-order valence-corrected chi connectivity index (χ1v) is 3.26. The first kappa shape index (κ1) is 10.1. The van der Waals surface area contributed by atoms with Crippen LogP contribution in [0.1, 0.15) is 13.8 Å². The van der Waals surface area contributed by atoms with Crippen molar-refractivity contribution in [2.45, 2.75) is 20.3 Å². The van der Waals surface area contributed by atoms with E-state index in [0.29, 0.717) is 0 Å². The standard InChI is InChI=1S/C9H12F2/c1-6(2)7(3)5-8(4)9(10)11/h5,9H,1,4H2,2-3H3/b7-5-. The quantitative estimate of drug-likeness (QED) is 0.552. The lowest BCUT2D eigenvalue weighted by Crippen LogP contribution is -1.92. The molecular weight excluding hydrogens is 146 g/mol. The highest BCUT2D eigenvalue weighted by molar-refractivity contribution is 5.32. The van der Waals surface area contributed by atoms with Gasteiger partial charge in [-0.05, 0) is 19.4 Å². The summed E-state index contributed by atoms with van der Waals surface area (Å²) in [6.45, 7) is 10.3. The summed E-state index contributed by atoms with van der Waals surface area (Å²) in [4.78, 5) is 0. The van der Waals surface area contributed by atoms with Crippen molar-refractivity contribution in [1.82, 2.24) is 0 Å². The van der Waals surface area contributed by atoms with Crippen molar-refractivity contribution in [3.8, 4) is 0 Å². The Balaban J connectivity index is 4.32. The Hall–Kier alpha value is -0.920. The predicted octanol–water partition coefficient (Wildman–Crippen LogP) is 3.33. The lowest BCUT2D eigenvalue weighted by atomic mass is 10.1. The summed E-state index contributed by atoms with van der Waals surface area (Å²) < 4.78 is 23.8. The molecule has 0 amide bonds. The minimum absolute atomic E-state index is 0.162. The third kappa shape index (κ3) is 3.71. The summed E-state index contributed by atoms with van der Waals surface area (Å²) in [7, 11) is 0. The van der Waals surface area contributed by atoms with Gasteiger partial charge in [-0.25, -0.2) is 8.78 Å². The fraction of sp³-hybridized carbons (Fsp3) is 0.333. The maximum atomic E-state index is 11.9. The second kappa shape index (κ2) is 4.06. The van der Waals surface area contributed by atoms with Gasteiger partial charge in [0, 0.05) is 5.57 Å². The van der Waals surface area contributed by atoms with E-state index in [9.17, 15) is 8.78 Å². The maximum absolute atomic E-state index is 11.9. The Kier molecular flexibility index (Phi) is 3.72. The van der Waals surface area contributed by atoms with E-state index in [0.717, 1.165) is 11.1 Å². The molecule has 0 aromatic heterocycles. The molecule has 2 heteroatoms. The third-order valence-electron chi connectivity index (χ3n) is 1.36. The molecule has 0 bridgehead atoms. The summed E-state index contributed by atoms with van der Waals surface area (Å²) >= 11 is 0. The minimum Gasteiger partial charge on any atom is -0.205 e. The van der Waals surface area contributed by atoms with Crippen LogP contribution in [0.4, 0.5) is 8.78 Å². The van der Waals surface area contributed by atoms with Crippen LogP contribution >= 0.6 is 0 Å². The minimum atomic E-state index is -2.47. The SMILES string of the molecule is C=C(C)/C(C)=C\C(=C)C(F)F. The lowest BCUT2D eigenvalue weighted by Gasteiger charge is -2.00. The van der Waals surface area contributed by atoms with Crippen LogP contribution < -0.4 is 0 Å². The monoisotopic (exact) mass is 158 g/mol. The number of halogens is 2. The van der Waals surface area contributed by atoms with Crippen molar-refractivity contribution >= 4 is 0 Å². The normalized spacial score (nSPS) is 11.9. The first-order valence-electron chi connectivity index (χ1n) is 3.26. The van der Waals surface area contributed by atoms with Crippen LogP contribution in [0.15, 0.2) is 36.0 Å². The molecular formula is C9H12F2. The molecule has 0 nitrogen and oxygen atoms in total. The second-order valence-corrected chi connectivity index (χ2v) is 2.48. The molecule has 0 aromatic rings. The lowest BCUT2D eigenvalue weighted by molar-refractivity contribution is 0.194. The van der Waals surface area contributed by atoms with Gasteiger partial charge in [0.05, 0.1) is 0 Å². The van der Waals surface area contributed by atoms with Crippen LogP contribution in [0, 0.1) is 0 Å². The fourth-order valence-corrected chi connectivity index (χ4v) is 0.464. The second-order valence-electron chi connectivity index (χ2n) is 2.48. The highest BCUT2D eigenvalue weighted by atomic mass is 19.3. The molecule has 0 rings (SSSR count). The van der Waals surface area contributed by atoms with Crippen molar-refractivity contribution in [2.75, 3.05) is 0 Å². The summed E-state index contributed by atoms with van der Waals surface area (Å²) in [5.74, 6) is 0. The zero-order chi connectivity index (χ0) is 9.02. The topological polar surface area (TPSA) is 0 Å². The molecule has 62 valence electrons. The smallest absolute Gasteiger partial charge is 0.205 e. The molecule has 0 radical (unpaired) electrons. The van der Waals surface area contributed by atoms with Crippen LogP contribution in [0.25, 0.3) is 0 Å². The molecule has 0 aliphatic carbocycles. The summed E-state index contributed by atoms with van der Waals surface area (Å²) in [6.07, 6.45) is -1.11.